The molecular formula is C13H21N3O2S. The molecule has 19 heavy (non-hydrogen) atoms. The highest BCUT2D eigenvalue weighted by Crippen LogP contribution is 2.26. The van der Waals surface area contributed by atoms with Gasteiger partial charge in [0.1, 0.15) is 0 Å². The number of hydrogen-bond donors (Lipinski definition) is 1. The lowest BCUT2D eigenvalue weighted by Crippen LogP contribution is -2.47. The molecule has 2 heterocycles. The van der Waals surface area contributed by atoms with Gasteiger partial charge in [0.05, 0.1) is 0 Å². The van der Waals surface area contributed by atoms with Gasteiger partial charge in [0.15, 0.2) is 10.8 Å². The maximum Gasteiger partial charge on any atom is 0.355 e. The average Bonchev–Trinajstić information content (AvgIpc) is 2.71. The van der Waals surface area contributed by atoms with Crippen molar-refractivity contribution in [2.75, 3.05) is 37.6 Å². The van der Waals surface area contributed by atoms with Gasteiger partial charge in [-0.25, -0.2) is 9.78 Å². The second-order valence-electron chi connectivity index (χ2n) is 5.39. The molecule has 6 heteroatoms. The van der Waals surface area contributed by atoms with E-state index in [0.29, 0.717) is 5.92 Å². The van der Waals surface area contributed by atoms with E-state index in [1.807, 2.05) is 6.92 Å². The Labute approximate surface area is 117 Å². The molecule has 0 saturated carbocycles. The maximum absolute atomic E-state index is 11.0. The van der Waals surface area contributed by atoms with E-state index in [1.54, 1.807) is 0 Å². The van der Waals surface area contributed by atoms with E-state index in [2.05, 4.69) is 28.6 Å². The van der Waals surface area contributed by atoms with Gasteiger partial charge in [-0.05, 0) is 12.8 Å². The quantitative estimate of drug-likeness (QED) is 0.915. The van der Waals surface area contributed by atoms with Crippen LogP contribution in [0.4, 0.5) is 5.13 Å². The molecule has 0 unspecified atom stereocenters. The minimum Gasteiger partial charge on any atom is -0.476 e. The molecule has 1 fully saturated rings. The molecule has 0 atom stereocenters. The predicted octanol–water partition coefficient (Wildman–Crippen LogP) is 1.93. The highest BCUT2D eigenvalue weighted by atomic mass is 32.1. The fourth-order valence-electron chi connectivity index (χ4n) is 2.35. The average molecular weight is 283 g/mol. The molecule has 106 valence electrons. The SMILES string of the molecule is Cc1sc(N2CCN(CC(C)C)CC2)nc1C(=O)O. The molecule has 0 aromatic carbocycles. The number of nitrogens with zero attached hydrogens (tertiary/aromatic N) is 3. The number of carboxylic acids is 1. The predicted molar refractivity (Wildman–Crippen MR) is 77.3 cm³/mol. The van der Waals surface area contributed by atoms with Crippen molar-refractivity contribution in [1.29, 1.82) is 0 Å². The van der Waals surface area contributed by atoms with Crippen LogP contribution in [0.15, 0.2) is 0 Å². The number of rotatable bonds is 4. The number of thiazole rings is 1. The van der Waals surface area contributed by atoms with Crippen molar-refractivity contribution in [3.8, 4) is 0 Å². The van der Waals surface area contributed by atoms with Crippen LogP contribution in [0.2, 0.25) is 0 Å². The first-order valence-corrected chi connectivity index (χ1v) is 7.47. The fourth-order valence-corrected chi connectivity index (χ4v) is 3.31. The van der Waals surface area contributed by atoms with Crippen LogP contribution in [0.3, 0.4) is 0 Å². The summed E-state index contributed by atoms with van der Waals surface area (Å²) in [4.78, 5) is 20.7. The molecule has 0 aliphatic carbocycles. The molecule has 1 aromatic rings. The largest absolute Gasteiger partial charge is 0.476 e. The fraction of sp³-hybridized carbons (Fsp3) is 0.692. The molecule has 5 nitrogen and oxygen atoms in total. The van der Waals surface area contributed by atoms with E-state index in [4.69, 9.17) is 5.11 Å². The molecule has 1 N–H and O–H groups in total. The first-order chi connectivity index (χ1) is 8.97. The standard InChI is InChI=1S/C13H21N3O2S/c1-9(2)8-15-4-6-16(7-5-15)13-14-11(12(17)18)10(3)19-13/h9H,4-8H2,1-3H3,(H,17,18). The molecule has 0 radical (unpaired) electrons. The molecule has 0 spiro atoms. The molecule has 1 aromatic heterocycles. The Morgan fingerprint density at radius 1 is 1.37 bits per heavy atom. The second-order valence-corrected chi connectivity index (χ2v) is 6.57. The molecule has 0 amide bonds. The van der Waals surface area contributed by atoms with Crippen LogP contribution < -0.4 is 4.90 Å². The molecular weight excluding hydrogens is 262 g/mol. The van der Waals surface area contributed by atoms with Gasteiger partial charge in [-0.2, -0.15) is 0 Å². The lowest BCUT2D eigenvalue weighted by atomic mass is 10.2. The molecule has 2 rings (SSSR count). The normalized spacial score (nSPS) is 17.2. The highest BCUT2D eigenvalue weighted by Gasteiger charge is 2.22. The maximum atomic E-state index is 11.0. The van der Waals surface area contributed by atoms with Crippen LogP contribution in [0.5, 0.6) is 0 Å². The van der Waals surface area contributed by atoms with Crippen LogP contribution in [-0.4, -0.2) is 53.7 Å². The number of aromatic nitrogens is 1. The molecule has 1 aliphatic rings. The molecule has 1 saturated heterocycles. The summed E-state index contributed by atoms with van der Waals surface area (Å²) in [6, 6.07) is 0. The van der Waals surface area contributed by atoms with Gasteiger partial charge in [0.25, 0.3) is 0 Å². The molecule has 0 bridgehead atoms. The number of carboxylic acid groups (broad SMARTS) is 1. The topological polar surface area (TPSA) is 56.7 Å². The van der Waals surface area contributed by atoms with Gasteiger partial charge in [-0.3, -0.25) is 4.90 Å². The lowest BCUT2D eigenvalue weighted by molar-refractivity contribution is 0.0690. The summed E-state index contributed by atoms with van der Waals surface area (Å²) in [7, 11) is 0. The van der Waals surface area contributed by atoms with Crippen molar-refractivity contribution in [1.82, 2.24) is 9.88 Å². The summed E-state index contributed by atoms with van der Waals surface area (Å²) < 4.78 is 0. The zero-order valence-electron chi connectivity index (χ0n) is 11.7. The summed E-state index contributed by atoms with van der Waals surface area (Å²) in [5, 5.41) is 9.88. The zero-order valence-corrected chi connectivity index (χ0v) is 12.5. The van der Waals surface area contributed by atoms with Crippen molar-refractivity contribution < 1.29 is 9.90 Å². The van der Waals surface area contributed by atoms with Gasteiger partial charge in [-0.15, -0.1) is 11.3 Å². The van der Waals surface area contributed by atoms with Gasteiger partial charge in [0.2, 0.25) is 0 Å². The third-order valence-electron chi connectivity index (χ3n) is 3.25. The Hall–Kier alpha value is -1.14. The van der Waals surface area contributed by atoms with Crippen molar-refractivity contribution >= 4 is 22.4 Å². The van der Waals surface area contributed by atoms with Gasteiger partial charge < -0.3 is 10.0 Å². The highest BCUT2D eigenvalue weighted by molar-refractivity contribution is 7.15. The zero-order chi connectivity index (χ0) is 14.0. The first-order valence-electron chi connectivity index (χ1n) is 6.65. The number of aryl methyl sites for hydroxylation is 1. The summed E-state index contributed by atoms with van der Waals surface area (Å²) in [6.45, 7) is 11.3. The third kappa shape index (κ3) is 3.45. The minimum atomic E-state index is -0.932. The van der Waals surface area contributed by atoms with Crippen LogP contribution >= 0.6 is 11.3 Å². The van der Waals surface area contributed by atoms with Gasteiger partial charge >= 0.3 is 5.97 Å². The summed E-state index contributed by atoms with van der Waals surface area (Å²) in [5.41, 5.74) is 0.199. The van der Waals surface area contributed by atoms with Crippen molar-refractivity contribution in [2.45, 2.75) is 20.8 Å². The van der Waals surface area contributed by atoms with Crippen molar-refractivity contribution in [2.24, 2.45) is 5.92 Å². The third-order valence-corrected chi connectivity index (χ3v) is 4.29. The number of hydrogen-bond acceptors (Lipinski definition) is 5. The van der Waals surface area contributed by atoms with E-state index in [1.165, 1.54) is 11.3 Å². The number of anilines is 1. The second kappa shape index (κ2) is 5.88. The van der Waals surface area contributed by atoms with Crippen molar-refractivity contribution in [3.05, 3.63) is 10.6 Å². The van der Waals surface area contributed by atoms with E-state index >= 15 is 0 Å². The Balaban J connectivity index is 1.98. The minimum absolute atomic E-state index is 0.199. The van der Waals surface area contributed by atoms with E-state index in [9.17, 15) is 4.79 Å². The number of piperazine rings is 1. The number of carbonyl (C=O) groups is 1. The van der Waals surface area contributed by atoms with Crippen LogP contribution in [0, 0.1) is 12.8 Å². The first kappa shape index (κ1) is 14.3. The van der Waals surface area contributed by atoms with E-state index in [-0.39, 0.29) is 5.69 Å². The molecule has 1 aliphatic heterocycles. The van der Waals surface area contributed by atoms with Gasteiger partial charge in [-0.1, -0.05) is 13.8 Å². The summed E-state index contributed by atoms with van der Waals surface area (Å²) in [5.74, 6) is -0.245. The summed E-state index contributed by atoms with van der Waals surface area (Å²) in [6.07, 6.45) is 0. The smallest absolute Gasteiger partial charge is 0.355 e. The van der Waals surface area contributed by atoms with E-state index < -0.39 is 5.97 Å². The van der Waals surface area contributed by atoms with Crippen LogP contribution in [0.1, 0.15) is 29.2 Å². The van der Waals surface area contributed by atoms with Crippen LogP contribution in [0.25, 0.3) is 0 Å². The van der Waals surface area contributed by atoms with Crippen LogP contribution in [-0.2, 0) is 0 Å². The Bertz CT molecular complexity index is 451. The van der Waals surface area contributed by atoms with Crippen molar-refractivity contribution in [3.63, 3.8) is 0 Å². The number of aromatic carboxylic acids is 1. The Morgan fingerprint density at radius 3 is 2.47 bits per heavy atom. The summed E-state index contributed by atoms with van der Waals surface area (Å²) >= 11 is 1.48. The van der Waals surface area contributed by atoms with E-state index in [0.717, 1.165) is 42.7 Å². The Morgan fingerprint density at radius 2 is 2.00 bits per heavy atom. The lowest BCUT2D eigenvalue weighted by Gasteiger charge is -2.35. The van der Waals surface area contributed by atoms with Gasteiger partial charge in [0, 0.05) is 37.6 Å². The monoisotopic (exact) mass is 283 g/mol. The Kier molecular flexibility index (Phi) is 4.42.